The summed E-state index contributed by atoms with van der Waals surface area (Å²) in [6.45, 7) is 0.767. The molecule has 1 aliphatic heterocycles. The third-order valence-corrected chi connectivity index (χ3v) is 3.44. The van der Waals surface area contributed by atoms with Crippen molar-refractivity contribution in [1.29, 1.82) is 0 Å². The van der Waals surface area contributed by atoms with Gasteiger partial charge in [-0.05, 0) is 31.0 Å². The molecule has 0 bridgehead atoms. The van der Waals surface area contributed by atoms with Gasteiger partial charge in [0.05, 0.1) is 0 Å². The van der Waals surface area contributed by atoms with Gasteiger partial charge in [-0.2, -0.15) is 13.2 Å². The van der Waals surface area contributed by atoms with Gasteiger partial charge in [-0.25, -0.2) is 14.6 Å². The Hall–Kier alpha value is -2.91. The van der Waals surface area contributed by atoms with E-state index in [1.54, 1.807) is 26.0 Å². The van der Waals surface area contributed by atoms with Crippen LogP contribution < -0.4 is 5.32 Å². The van der Waals surface area contributed by atoms with Crippen molar-refractivity contribution in [2.45, 2.75) is 20.0 Å². The number of aryl methyl sites for hydroxylation is 2. The molecule has 7 nitrogen and oxygen atoms in total. The number of alkyl halides is 3. The predicted octanol–water partition coefficient (Wildman–Crippen LogP) is 1.60. The molecule has 0 unspecified atom stereocenters. The predicted molar refractivity (Wildman–Crippen MR) is 79.4 cm³/mol. The fourth-order valence-electron chi connectivity index (χ4n) is 2.21. The van der Waals surface area contributed by atoms with E-state index in [2.05, 4.69) is 5.32 Å². The van der Waals surface area contributed by atoms with Gasteiger partial charge in [0.15, 0.2) is 0 Å². The van der Waals surface area contributed by atoms with E-state index in [4.69, 9.17) is 0 Å². The molecular formula is C15H14F3N3O4. The number of hydrogen-bond acceptors (Lipinski definition) is 4. The summed E-state index contributed by atoms with van der Waals surface area (Å²) in [5, 5.41) is 2.46. The average Bonchev–Trinajstić information content (AvgIpc) is 2.67. The summed E-state index contributed by atoms with van der Waals surface area (Å²) >= 11 is 0. The first-order chi connectivity index (χ1) is 11.5. The Morgan fingerprint density at radius 3 is 2.28 bits per heavy atom. The number of amides is 5. The highest BCUT2D eigenvalue weighted by molar-refractivity contribution is 6.45. The molecule has 1 N–H and O–H groups in total. The number of nitrogens with zero attached hydrogens (tertiary/aromatic N) is 2. The molecule has 0 aromatic heterocycles. The van der Waals surface area contributed by atoms with Crippen molar-refractivity contribution in [3.05, 3.63) is 29.3 Å². The third kappa shape index (κ3) is 4.14. The van der Waals surface area contributed by atoms with Gasteiger partial charge >= 0.3 is 24.0 Å². The van der Waals surface area contributed by atoms with Gasteiger partial charge in [0.25, 0.3) is 0 Å². The van der Waals surface area contributed by atoms with Crippen molar-refractivity contribution in [1.82, 2.24) is 9.80 Å². The largest absolute Gasteiger partial charge is 0.406 e. The standard InChI is InChI=1S/C15H14F3N3O4/c1-8-3-4-9(2)10(5-8)19-11(22)6-20-12(23)13(24)21(14(20)25)7-15(16,17)18/h3-5H,6-7H2,1-2H3,(H,19,22). The molecule has 1 aromatic rings. The van der Waals surface area contributed by atoms with E-state index >= 15 is 0 Å². The lowest BCUT2D eigenvalue weighted by molar-refractivity contribution is -0.156. The molecule has 0 saturated carbocycles. The van der Waals surface area contributed by atoms with E-state index in [-0.39, 0.29) is 9.80 Å². The Labute approximate surface area is 140 Å². The molecule has 0 radical (unpaired) electrons. The molecule has 10 heteroatoms. The molecule has 134 valence electrons. The minimum Gasteiger partial charge on any atom is -0.324 e. The topological polar surface area (TPSA) is 86.8 Å². The molecule has 1 aromatic carbocycles. The summed E-state index contributed by atoms with van der Waals surface area (Å²) in [6.07, 6.45) is -4.84. The summed E-state index contributed by atoms with van der Waals surface area (Å²) in [4.78, 5) is 47.0. The van der Waals surface area contributed by atoms with Crippen molar-refractivity contribution < 1.29 is 32.3 Å². The molecule has 25 heavy (non-hydrogen) atoms. The summed E-state index contributed by atoms with van der Waals surface area (Å²) in [5.41, 5.74) is 2.00. The second kappa shape index (κ2) is 6.54. The van der Waals surface area contributed by atoms with Crippen LogP contribution in [0.2, 0.25) is 0 Å². The number of nitrogens with one attached hydrogen (secondary N) is 1. The second-order valence-corrected chi connectivity index (χ2v) is 5.55. The number of hydrogen-bond donors (Lipinski definition) is 1. The van der Waals surface area contributed by atoms with Crippen LogP contribution in [0.3, 0.4) is 0 Å². The molecule has 0 spiro atoms. The first-order valence-corrected chi connectivity index (χ1v) is 7.11. The SMILES string of the molecule is Cc1ccc(C)c(NC(=O)CN2C(=O)C(=O)N(CC(F)(F)F)C2=O)c1. The van der Waals surface area contributed by atoms with E-state index in [1.165, 1.54) is 0 Å². The number of imide groups is 2. The van der Waals surface area contributed by atoms with Gasteiger partial charge in [0.1, 0.15) is 13.1 Å². The number of urea groups is 1. The highest BCUT2D eigenvalue weighted by Gasteiger charge is 2.49. The van der Waals surface area contributed by atoms with Crippen LogP contribution in [-0.4, -0.2) is 52.8 Å². The van der Waals surface area contributed by atoms with E-state index in [1.807, 2.05) is 6.07 Å². The fourth-order valence-corrected chi connectivity index (χ4v) is 2.21. The zero-order valence-corrected chi connectivity index (χ0v) is 13.3. The highest BCUT2D eigenvalue weighted by Crippen LogP contribution is 2.22. The molecule has 5 amide bonds. The highest BCUT2D eigenvalue weighted by atomic mass is 19.4. The van der Waals surface area contributed by atoms with Gasteiger partial charge < -0.3 is 5.32 Å². The minimum absolute atomic E-state index is 0.189. The molecule has 1 heterocycles. The van der Waals surface area contributed by atoms with E-state index in [9.17, 15) is 32.3 Å². The summed E-state index contributed by atoms with van der Waals surface area (Å²) in [7, 11) is 0. The zero-order valence-electron chi connectivity index (χ0n) is 13.3. The van der Waals surface area contributed by atoms with Crippen molar-refractivity contribution in [2.75, 3.05) is 18.4 Å². The number of carbonyl (C=O) groups excluding carboxylic acids is 4. The second-order valence-electron chi connectivity index (χ2n) is 5.55. The molecule has 0 aliphatic carbocycles. The zero-order chi connectivity index (χ0) is 18.9. The van der Waals surface area contributed by atoms with E-state index < -0.39 is 43.0 Å². The molecule has 2 rings (SSSR count). The van der Waals surface area contributed by atoms with E-state index in [0.29, 0.717) is 11.3 Å². The summed E-state index contributed by atoms with van der Waals surface area (Å²) in [5.74, 6) is -3.88. The van der Waals surface area contributed by atoms with Crippen LogP contribution >= 0.6 is 0 Å². The normalized spacial score (nSPS) is 15.2. The Kier molecular flexibility index (Phi) is 4.82. The fraction of sp³-hybridized carbons (Fsp3) is 0.333. The first kappa shape index (κ1) is 18.4. The first-order valence-electron chi connectivity index (χ1n) is 7.11. The number of benzene rings is 1. The molecule has 0 atom stereocenters. The van der Waals surface area contributed by atoms with Gasteiger partial charge in [-0.1, -0.05) is 12.1 Å². The lowest BCUT2D eigenvalue weighted by Gasteiger charge is -2.17. The quantitative estimate of drug-likeness (QED) is 0.655. The maximum atomic E-state index is 12.4. The van der Waals surface area contributed by atoms with Gasteiger partial charge in [0, 0.05) is 5.69 Å². The summed E-state index contributed by atoms with van der Waals surface area (Å²) in [6, 6.07) is 3.74. The smallest absolute Gasteiger partial charge is 0.324 e. The maximum Gasteiger partial charge on any atom is 0.406 e. The number of carbonyl (C=O) groups is 4. The van der Waals surface area contributed by atoms with Crippen LogP contribution in [0.5, 0.6) is 0 Å². The van der Waals surface area contributed by atoms with Crippen molar-refractivity contribution >= 4 is 29.4 Å². The van der Waals surface area contributed by atoms with Crippen molar-refractivity contribution in [3.8, 4) is 0 Å². The Morgan fingerprint density at radius 1 is 1.08 bits per heavy atom. The van der Waals surface area contributed by atoms with Crippen LogP contribution in [0.4, 0.5) is 23.7 Å². The Bertz CT molecular complexity index is 761. The van der Waals surface area contributed by atoms with E-state index in [0.717, 1.165) is 5.56 Å². The van der Waals surface area contributed by atoms with Crippen LogP contribution in [0.25, 0.3) is 0 Å². The lowest BCUT2D eigenvalue weighted by Crippen LogP contribution is -2.41. The molecular weight excluding hydrogens is 343 g/mol. The molecule has 1 saturated heterocycles. The van der Waals surface area contributed by atoms with Crippen LogP contribution in [-0.2, 0) is 14.4 Å². The maximum absolute atomic E-state index is 12.4. The van der Waals surface area contributed by atoms with Crippen LogP contribution in [0, 0.1) is 13.8 Å². The number of halogens is 3. The average molecular weight is 357 g/mol. The lowest BCUT2D eigenvalue weighted by atomic mass is 10.1. The Morgan fingerprint density at radius 2 is 1.68 bits per heavy atom. The van der Waals surface area contributed by atoms with Gasteiger partial charge in [-0.15, -0.1) is 0 Å². The van der Waals surface area contributed by atoms with Crippen LogP contribution in [0.15, 0.2) is 18.2 Å². The third-order valence-electron chi connectivity index (χ3n) is 3.44. The molecule has 1 fully saturated rings. The summed E-state index contributed by atoms with van der Waals surface area (Å²) < 4.78 is 37.2. The number of rotatable bonds is 4. The molecule has 1 aliphatic rings. The van der Waals surface area contributed by atoms with Crippen LogP contribution in [0.1, 0.15) is 11.1 Å². The minimum atomic E-state index is -4.84. The van der Waals surface area contributed by atoms with Gasteiger partial charge in [-0.3, -0.25) is 14.4 Å². The van der Waals surface area contributed by atoms with Crippen molar-refractivity contribution in [3.63, 3.8) is 0 Å². The van der Waals surface area contributed by atoms with Gasteiger partial charge in [0.2, 0.25) is 5.91 Å². The van der Waals surface area contributed by atoms with Crippen molar-refractivity contribution in [2.24, 2.45) is 0 Å². The monoisotopic (exact) mass is 357 g/mol. The Balaban J connectivity index is 2.10. The number of anilines is 1.